The minimum absolute atomic E-state index is 0.223. The number of benzene rings is 2. The fraction of sp³-hybridized carbons (Fsp3) is 0.150. The summed E-state index contributed by atoms with van der Waals surface area (Å²) >= 11 is 0. The summed E-state index contributed by atoms with van der Waals surface area (Å²) in [5.41, 5.74) is 7.65. The van der Waals surface area contributed by atoms with Gasteiger partial charge in [0.25, 0.3) is 11.8 Å². The second kappa shape index (κ2) is 8.34. The summed E-state index contributed by atoms with van der Waals surface area (Å²) in [6.07, 6.45) is 0. The molecule has 28 heavy (non-hydrogen) atoms. The van der Waals surface area contributed by atoms with E-state index in [0.29, 0.717) is 5.56 Å². The molecule has 0 aliphatic carbocycles. The number of carbonyl (C=O) groups is 2. The SMILES string of the molecule is Cc1cc(C)n(-c2ccc(C(=O)NNC(=O)COc3cccc(F)c3)cc2)n1. The van der Waals surface area contributed by atoms with Crippen LogP contribution in [0.3, 0.4) is 0 Å². The molecule has 0 aliphatic heterocycles. The first-order valence-electron chi connectivity index (χ1n) is 8.53. The number of aryl methyl sites for hydroxylation is 2. The van der Waals surface area contributed by atoms with Gasteiger partial charge in [0.2, 0.25) is 0 Å². The normalized spacial score (nSPS) is 10.4. The molecule has 0 saturated carbocycles. The van der Waals surface area contributed by atoms with Gasteiger partial charge in [-0.1, -0.05) is 6.07 Å². The van der Waals surface area contributed by atoms with Gasteiger partial charge in [-0.15, -0.1) is 0 Å². The highest BCUT2D eigenvalue weighted by atomic mass is 19.1. The molecule has 0 spiro atoms. The van der Waals surface area contributed by atoms with Crippen LogP contribution >= 0.6 is 0 Å². The van der Waals surface area contributed by atoms with Crippen LogP contribution in [0.1, 0.15) is 21.7 Å². The van der Waals surface area contributed by atoms with Gasteiger partial charge >= 0.3 is 0 Å². The van der Waals surface area contributed by atoms with Gasteiger partial charge in [-0.25, -0.2) is 9.07 Å². The number of hydrogen-bond donors (Lipinski definition) is 2. The van der Waals surface area contributed by atoms with Gasteiger partial charge in [0.1, 0.15) is 11.6 Å². The molecule has 0 saturated heterocycles. The molecule has 3 rings (SSSR count). The van der Waals surface area contributed by atoms with E-state index in [1.807, 2.05) is 19.9 Å². The van der Waals surface area contributed by atoms with Crippen molar-refractivity contribution in [3.63, 3.8) is 0 Å². The standard InChI is InChI=1S/C20H19FN4O3/c1-13-10-14(2)25(24-13)17-8-6-15(7-9-17)20(27)23-22-19(26)12-28-18-5-3-4-16(21)11-18/h3-11H,12H2,1-2H3,(H,22,26)(H,23,27). The second-order valence-corrected chi connectivity index (χ2v) is 6.13. The lowest BCUT2D eigenvalue weighted by Gasteiger charge is -2.09. The Morgan fingerprint density at radius 1 is 1.07 bits per heavy atom. The van der Waals surface area contributed by atoms with Gasteiger partial charge in [0.05, 0.1) is 11.4 Å². The number of rotatable bonds is 5. The first-order chi connectivity index (χ1) is 13.4. The van der Waals surface area contributed by atoms with Crippen LogP contribution in [0.5, 0.6) is 5.75 Å². The summed E-state index contributed by atoms with van der Waals surface area (Å²) in [4.78, 5) is 23.9. The molecule has 1 aromatic heterocycles. The second-order valence-electron chi connectivity index (χ2n) is 6.13. The maximum absolute atomic E-state index is 13.1. The van der Waals surface area contributed by atoms with Crippen LogP contribution in [-0.4, -0.2) is 28.2 Å². The van der Waals surface area contributed by atoms with Crippen LogP contribution in [0, 0.1) is 19.7 Å². The lowest BCUT2D eigenvalue weighted by molar-refractivity contribution is -0.123. The number of nitrogens with zero attached hydrogens (tertiary/aromatic N) is 2. The molecule has 0 atom stereocenters. The largest absolute Gasteiger partial charge is 0.484 e. The third kappa shape index (κ3) is 4.73. The zero-order valence-electron chi connectivity index (χ0n) is 15.4. The van der Waals surface area contributed by atoms with E-state index in [9.17, 15) is 14.0 Å². The summed E-state index contributed by atoms with van der Waals surface area (Å²) < 4.78 is 20.0. The molecule has 1 heterocycles. The van der Waals surface area contributed by atoms with E-state index in [0.717, 1.165) is 23.1 Å². The molecule has 7 nitrogen and oxygen atoms in total. The van der Waals surface area contributed by atoms with Crippen LogP contribution in [-0.2, 0) is 4.79 Å². The highest BCUT2D eigenvalue weighted by Gasteiger charge is 2.10. The van der Waals surface area contributed by atoms with Crippen LogP contribution in [0.15, 0.2) is 54.6 Å². The maximum atomic E-state index is 13.1. The zero-order valence-corrected chi connectivity index (χ0v) is 15.4. The van der Waals surface area contributed by atoms with Crippen LogP contribution < -0.4 is 15.6 Å². The Hall–Kier alpha value is -3.68. The number of carbonyl (C=O) groups excluding carboxylic acids is 2. The molecule has 0 aliphatic rings. The van der Waals surface area contributed by atoms with Crippen molar-refractivity contribution >= 4 is 11.8 Å². The molecule has 8 heteroatoms. The highest BCUT2D eigenvalue weighted by Crippen LogP contribution is 2.13. The van der Waals surface area contributed by atoms with Gasteiger partial charge in [0.15, 0.2) is 6.61 Å². The molecule has 3 aromatic rings. The Morgan fingerprint density at radius 3 is 2.46 bits per heavy atom. The molecule has 144 valence electrons. The predicted octanol–water partition coefficient (Wildman–Crippen LogP) is 2.47. The fourth-order valence-corrected chi connectivity index (χ4v) is 2.58. The van der Waals surface area contributed by atoms with Crippen molar-refractivity contribution in [1.82, 2.24) is 20.6 Å². The summed E-state index contributed by atoms with van der Waals surface area (Å²) in [5, 5.41) is 4.39. The highest BCUT2D eigenvalue weighted by molar-refractivity contribution is 5.95. The minimum Gasteiger partial charge on any atom is -0.484 e. The van der Waals surface area contributed by atoms with Crippen molar-refractivity contribution in [3.05, 3.63) is 77.4 Å². The molecule has 2 amide bonds. The average Bonchev–Trinajstić information content (AvgIpc) is 3.02. The topological polar surface area (TPSA) is 85.2 Å². The first-order valence-corrected chi connectivity index (χ1v) is 8.53. The Bertz CT molecular complexity index is 999. The van der Waals surface area contributed by atoms with Crippen molar-refractivity contribution in [2.75, 3.05) is 6.61 Å². The minimum atomic E-state index is -0.572. The van der Waals surface area contributed by atoms with Crippen LogP contribution in [0.2, 0.25) is 0 Å². The molecule has 2 aromatic carbocycles. The van der Waals surface area contributed by atoms with E-state index in [4.69, 9.17) is 4.74 Å². The van der Waals surface area contributed by atoms with Crippen LogP contribution in [0.4, 0.5) is 4.39 Å². The smallest absolute Gasteiger partial charge is 0.276 e. The van der Waals surface area contributed by atoms with E-state index in [1.54, 1.807) is 28.9 Å². The van der Waals surface area contributed by atoms with E-state index < -0.39 is 17.6 Å². The Kier molecular flexibility index (Phi) is 5.69. The number of hydrogen-bond acceptors (Lipinski definition) is 4. The molecule has 0 radical (unpaired) electrons. The summed E-state index contributed by atoms with van der Waals surface area (Å²) in [6.45, 7) is 3.49. The van der Waals surface area contributed by atoms with Gasteiger partial charge in [-0.3, -0.25) is 20.4 Å². The monoisotopic (exact) mass is 382 g/mol. The molecular weight excluding hydrogens is 363 g/mol. The Balaban J connectivity index is 1.51. The molecular formula is C20H19FN4O3. The number of ether oxygens (including phenoxy) is 1. The van der Waals surface area contributed by atoms with Crippen molar-refractivity contribution in [3.8, 4) is 11.4 Å². The van der Waals surface area contributed by atoms with E-state index in [1.165, 1.54) is 18.2 Å². The van der Waals surface area contributed by atoms with E-state index in [2.05, 4.69) is 16.0 Å². The summed E-state index contributed by atoms with van der Waals surface area (Å²) in [6, 6.07) is 14.2. The van der Waals surface area contributed by atoms with Gasteiger partial charge in [0, 0.05) is 17.3 Å². The fourth-order valence-electron chi connectivity index (χ4n) is 2.58. The number of hydrazine groups is 1. The Morgan fingerprint density at radius 2 is 1.82 bits per heavy atom. The number of aromatic nitrogens is 2. The van der Waals surface area contributed by atoms with Crippen LogP contribution in [0.25, 0.3) is 5.69 Å². The maximum Gasteiger partial charge on any atom is 0.276 e. The third-order valence-corrected chi connectivity index (χ3v) is 3.87. The number of nitrogens with one attached hydrogen (secondary N) is 2. The van der Waals surface area contributed by atoms with Gasteiger partial charge < -0.3 is 4.74 Å². The van der Waals surface area contributed by atoms with Crippen molar-refractivity contribution < 1.29 is 18.7 Å². The van der Waals surface area contributed by atoms with Gasteiger partial charge in [-0.2, -0.15) is 5.10 Å². The summed E-state index contributed by atoms with van der Waals surface area (Å²) in [7, 11) is 0. The predicted molar refractivity (Wildman–Crippen MR) is 101 cm³/mol. The number of amides is 2. The van der Waals surface area contributed by atoms with E-state index >= 15 is 0 Å². The third-order valence-electron chi connectivity index (χ3n) is 3.87. The first kappa shape index (κ1) is 19.1. The lowest BCUT2D eigenvalue weighted by atomic mass is 10.2. The molecule has 0 bridgehead atoms. The van der Waals surface area contributed by atoms with Crippen molar-refractivity contribution in [1.29, 1.82) is 0 Å². The Labute approximate surface area is 161 Å². The lowest BCUT2D eigenvalue weighted by Crippen LogP contribution is -2.43. The quantitative estimate of drug-likeness (QED) is 0.664. The van der Waals surface area contributed by atoms with E-state index in [-0.39, 0.29) is 12.4 Å². The molecule has 2 N–H and O–H groups in total. The van der Waals surface area contributed by atoms with Crippen molar-refractivity contribution in [2.24, 2.45) is 0 Å². The molecule has 0 unspecified atom stereocenters. The zero-order chi connectivity index (χ0) is 20.1. The summed E-state index contributed by atoms with van der Waals surface area (Å²) in [5.74, 6) is -1.28. The molecule has 0 fully saturated rings. The number of halogens is 1. The van der Waals surface area contributed by atoms with Gasteiger partial charge in [-0.05, 0) is 56.3 Å². The van der Waals surface area contributed by atoms with Crippen molar-refractivity contribution in [2.45, 2.75) is 13.8 Å². The average molecular weight is 382 g/mol.